The van der Waals surface area contributed by atoms with E-state index in [0.29, 0.717) is 19.5 Å². The van der Waals surface area contributed by atoms with Gasteiger partial charge >= 0.3 is 0 Å². The molecular formula is C8H17N3O3. The highest BCUT2D eigenvalue weighted by atomic mass is 16.4. The van der Waals surface area contributed by atoms with Gasteiger partial charge in [-0.15, -0.1) is 0 Å². The number of aliphatic hydroxyl groups is 2. The van der Waals surface area contributed by atoms with Crippen LogP contribution in [0, 0.1) is 0 Å². The average molecular weight is 203 g/mol. The van der Waals surface area contributed by atoms with E-state index in [1.165, 1.54) is 0 Å². The Morgan fingerprint density at radius 2 is 2.29 bits per heavy atom. The highest BCUT2D eigenvalue weighted by molar-refractivity contribution is 5.81. The van der Waals surface area contributed by atoms with Crippen LogP contribution in [0.15, 0.2) is 5.16 Å². The van der Waals surface area contributed by atoms with Gasteiger partial charge in [-0.3, -0.25) is 4.90 Å². The van der Waals surface area contributed by atoms with Crippen molar-refractivity contribution in [3.63, 3.8) is 0 Å². The molecule has 5 N–H and O–H groups in total. The Morgan fingerprint density at radius 3 is 2.86 bits per heavy atom. The Hall–Kier alpha value is -0.850. The zero-order valence-corrected chi connectivity index (χ0v) is 8.06. The predicted molar refractivity (Wildman–Crippen MR) is 51.1 cm³/mol. The maximum Gasteiger partial charge on any atom is 0.153 e. The molecule has 0 bridgehead atoms. The number of β-amino-alcohol motifs (C(OH)–C–C–N with tert-alkyl or cyclic N) is 1. The lowest BCUT2D eigenvalue weighted by Gasteiger charge is -2.37. The lowest BCUT2D eigenvalue weighted by atomic mass is 9.94. The zero-order valence-electron chi connectivity index (χ0n) is 8.06. The summed E-state index contributed by atoms with van der Waals surface area (Å²) >= 11 is 0. The van der Waals surface area contributed by atoms with Crippen LogP contribution in [0.2, 0.25) is 0 Å². The summed E-state index contributed by atoms with van der Waals surface area (Å²) in [5, 5.41) is 30.0. The third-order valence-electron chi connectivity index (χ3n) is 2.44. The van der Waals surface area contributed by atoms with Crippen LogP contribution in [0.1, 0.15) is 12.8 Å². The highest BCUT2D eigenvalue weighted by Crippen LogP contribution is 2.19. The standard InChI is InChI=1S/C8H17N3O3/c9-7(10-14)4-11-3-1-2-8(13,5-11)6-12/h12-14H,1-6H2,(H2,9,10). The van der Waals surface area contributed by atoms with E-state index in [9.17, 15) is 5.11 Å². The van der Waals surface area contributed by atoms with Crippen molar-refractivity contribution in [2.75, 3.05) is 26.2 Å². The van der Waals surface area contributed by atoms with Gasteiger partial charge in [0.25, 0.3) is 0 Å². The second-order valence-corrected chi connectivity index (χ2v) is 3.79. The zero-order chi connectivity index (χ0) is 10.6. The summed E-state index contributed by atoms with van der Waals surface area (Å²) < 4.78 is 0. The molecule has 1 unspecified atom stereocenters. The first kappa shape index (κ1) is 11.2. The minimum Gasteiger partial charge on any atom is -0.409 e. The van der Waals surface area contributed by atoms with E-state index >= 15 is 0 Å². The summed E-state index contributed by atoms with van der Waals surface area (Å²) in [4.78, 5) is 1.86. The summed E-state index contributed by atoms with van der Waals surface area (Å²) in [6.07, 6.45) is 1.39. The first-order valence-corrected chi connectivity index (χ1v) is 4.62. The van der Waals surface area contributed by atoms with Crippen molar-refractivity contribution in [3.05, 3.63) is 0 Å². The molecule has 82 valence electrons. The van der Waals surface area contributed by atoms with Crippen molar-refractivity contribution in [3.8, 4) is 0 Å². The van der Waals surface area contributed by atoms with Crippen LogP contribution >= 0.6 is 0 Å². The van der Waals surface area contributed by atoms with Crippen LogP contribution in [0.5, 0.6) is 0 Å². The summed E-state index contributed by atoms with van der Waals surface area (Å²) in [7, 11) is 0. The van der Waals surface area contributed by atoms with Crippen LogP contribution in [0.3, 0.4) is 0 Å². The highest BCUT2D eigenvalue weighted by Gasteiger charge is 2.32. The van der Waals surface area contributed by atoms with Gasteiger partial charge in [0, 0.05) is 6.54 Å². The molecule has 14 heavy (non-hydrogen) atoms. The summed E-state index contributed by atoms with van der Waals surface area (Å²) in [5.74, 6) is 0.118. The number of hydrogen-bond acceptors (Lipinski definition) is 5. The maximum atomic E-state index is 9.80. The molecule has 0 radical (unpaired) electrons. The van der Waals surface area contributed by atoms with Crippen LogP contribution in [-0.4, -0.2) is 58.0 Å². The van der Waals surface area contributed by atoms with E-state index in [-0.39, 0.29) is 12.4 Å². The minimum atomic E-state index is -1.03. The van der Waals surface area contributed by atoms with Gasteiger partial charge in [0.1, 0.15) is 5.60 Å². The Morgan fingerprint density at radius 1 is 1.57 bits per heavy atom. The van der Waals surface area contributed by atoms with Crippen molar-refractivity contribution in [1.29, 1.82) is 0 Å². The number of nitrogens with zero attached hydrogens (tertiary/aromatic N) is 2. The minimum absolute atomic E-state index is 0.118. The second-order valence-electron chi connectivity index (χ2n) is 3.79. The fourth-order valence-corrected chi connectivity index (χ4v) is 1.73. The molecule has 1 aliphatic heterocycles. The van der Waals surface area contributed by atoms with E-state index < -0.39 is 5.60 Å². The molecule has 1 heterocycles. The quantitative estimate of drug-likeness (QED) is 0.194. The van der Waals surface area contributed by atoms with Gasteiger partial charge in [-0.2, -0.15) is 0 Å². The second kappa shape index (κ2) is 4.59. The van der Waals surface area contributed by atoms with Gasteiger partial charge in [-0.25, -0.2) is 0 Å². The van der Waals surface area contributed by atoms with Gasteiger partial charge in [-0.05, 0) is 19.4 Å². The average Bonchev–Trinajstić information content (AvgIpc) is 2.18. The van der Waals surface area contributed by atoms with Gasteiger partial charge < -0.3 is 21.2 Å². The maximum absolute atomic E-state index is 9.80. The molecule has 0 aliphatic carbocycles. The number of piperidine rings is 1. The van der Waals surface area contributed by atoms with E-state index in [1.54, 1.807) is 0 Å². The lowest BCUT2D eigenvalue weighted by Crippen LogP contribution is -2.52. The molecule has 0 aromatic rings. The fourth-order valence-electron chi connectivity index (χ4n) is 1.73. The molecule has 1 aliphatic rings. The van der Waals surface area contributed by atoms with Crippen molar-refractivity contribution < 1.29 is 15.4 Å². The Labute approximate surface area is 82.6 Å². The molecule has 1 saturated heterocycles. The Balaban J connectivity index is 2.48. The van der Waals surface area contributed by atoms with Gasteiger partial charge in [0.15, 0.2) is 5.84 Å². The normalized spacial score (nSPS) is 30.6. The van der Waals surface area contributed by atoms with Crippen LogP contribution in [-0.2, 0) is 0 Å². The fraction of sp³-hybridized carbons (Fsp3) is 0.875. The third-order valence-corrected chi connectivity index (χ3v) is 2.44. The summed E-state index contributed by atoms with van der Waals surface area (Å²) in [6, 6.07) is 0. The molecule has 0 aromatic heterocycles. The third kappa shape index (κ3) is 2.83. The number of rotatable bonds is 3. The number of amidine groups is 1. The van der Waals surface area contributed by atoms with E-state index in [1.807, 2.05) is 4.90 Å². The largest absolute Gasteiger partial charge is 0.409 e. The number of aliphatic hydroxyl groups excluding tert-OH is 1. The summed E-state index contributed by atoms with van der Waals surface area (Å²) in [5.41, 5.74) is 4.31. The van der Waals surface area contributed by atoms with Crippen molar-refractivity contribution in [2.24, 2.45) is 10.9 Å². The lowest BCUT2D eigenvalue weighted by molar-refractivity contribution is -0.0636. The summed E-state index contributed by atoms with van der Waals surface area (Å²) in [6.45, 7) is 1.22. The number of hydrogen-bond donors (Lipinski definition) is 4. The van der Waals surface area contributed by atoms with Crippen molar-refractivity contribution in [1.82, 2.24) is 4.90 Å². The molecule has 0 saturated carbocycles. The SMILES string of the molecule is N/C(CN1CCCC(O)(CO)C1)=N\O. The molecule has 6 nitrogen and oxygen atoms in total. The molecule has 1 atom stereocenters. The molecule has 0 amide bonds. The Bertz CT molecular complexity index is 222. The van der Waals surface area contributed by atoms with Gasteiger partial charge in [-0.1, -0.05) is 5.16 Å². The van der Waals surface area contributed by atoms with Crippen molar-refractivity contribution in [2.45, 2.75) is 18.4 Å². The first-order chi connectivity index (χ1) is 6.59. The van der Waals surface area contributed by atoms with Gasteiger partial charge in [0.2, 0.25) is 0 Å². The molecular weight excluding hydrogens is 186 g/mol. The first-order valence-electron chi connectivity index (χ1n) is 4.62. The number of oxime groups is 1. The molecule has 0 spiro atoms. The van der Waals surface area contributed by atoms with Crippen LogP contribution < -0.4 is 5.73 Å². The molecule has 1 rings (SSSR count). The smallest absolute Gasteiger partial charge is 0.153 e. The van der Waals surface area contributed by atoms with Crippen molar-refractivity contribution >= 4 is 5.84 Å². The van der Waals surface area contributed by atoms with E-state index in [4.69, 9.17) is 16.0 Å². The molecule has 1 fully saturated rings. The molecule has 6 heteroatoms. The Kier molecular flexibility index (Phi) is 3.68. The molecule has 0 aromatic carbocycles. The number of nitrogens with two attached hydrogens (primary N) is 1. The van der Waals surface area contributed by atoms with E-state index in [2.05, 4.69) is 5.16 Å². The number of likely N-dealkylation sites (tertiary alicyclic amines) is 1. The predicted octanol–water partition coefficient (Wildman–Crippen LogP) is -1.45. The van der Waals surface area contributed by atoms with Crippen LogP contribution in [0.25, 0.3) is 0 Å². The topological polar surface area (TPSA) is 102 Å². The van der Waals surface area contributed by atoms with E-state index in [0.717, 1.165) is 13.0 Å². The van der Waals surface area contributed by atoms with Crippen LogP contribution in [0.4, 0.5) is 0 Å². The monoisotopic (exact) mass is 203 g/mol. The van der Waals surface area contributed by atoms with Gasteiger partial charge in [0.05, 0.1) is 13.2 Å².